The van der Waals surface area contributed by atoms with Crippen molar-refractivity contribution >= 4 is 0 Å². The van der Waals surface area contributed by atoms with Crippen LogP contribution in [0.25, 0.3) is 0 Å². The van der Waals surface area contributed by atoms with Gasteiger partial charge in [-0.2, -0.15) is 0 Å². The summed E-state index contributed by atoms with van der Waals surface area (Å²) in [5, 5.41) is 3.57. The quantitative estimate of drug-likeness (QED) is 0.585. The van der Waals surface area contributed by atoms with Crippen LogP contribution in [0.3, 0.4) is 0 Å². The summed E-state index contributed by atoms with van der Waals surface area (Å²) >= 11 is 0. The normalized spacial score (nSPS) is 18.9. The summed E-state index contributed by atoms with van der Waals surface area (Å²) in [5.41, 5.74) is 0. The van der Waals surface area contributed by atoms with Crippen molar-refractivity contribution in [2.45, 2.75) is 45.6 Å². The van der Waals surface area contributed by atoms with Crippen LogP contribution in [-0.2, 0) is 4.74 Å². The molecule has 0 amide bonds. The second-order valence-electron chi connectivity index (χ2n) is 3.97. The summed E-state index contributed by atoms with van der Waals surface area (Å²) in [7, 11) is 0. The second-order valence-corrected chi connectivity index (χ2v) is 3.97. The van der Waals surface area contributed by atoms with E-state index >= 15 is 0 Å². The highest BCUT2D eigenvalue weighted by atomic mass is 16.5. The monoisotopic (exact) mass is 185 g/mol. The number of hydrogen-bond acceptors (Lipinski definition) is 2. The van der Waals surface area contributed by atoms with Gasteiger partial charge in [-0.1, -0.05) is 13.8 Å². The molecular weight excluding hydrogens is 162 g/mol. The summed E-state index contributed by atoms with van der Waals surface area (Å²) < 4.78 is 5.58. The zero-order chi connectivity index (χ0) is 9.52. The fourth-order valence-corrected chi connectivity index (χ4v) is 1.54. The molecule has 0 saturated heterocycles. The van der Waals surface area contributed by atoms with Gasteiger partial charge in [-0.25, -0.2) is 0 Å². The molecule has 1 rings (SSSR count). The minimum Gasteiger partial charge on any atom is -0.380 e. The lowest BCUT2D eigenvalue weighted by Crippen LogP contribution is -2.36. The average molecular weight is 185 g/mol. The maximum atomic E-state index is 5.58. The molecule has 0 aliphatic heterocycles. The van der Waals surface area contributed by atoms with Crippen LogP contribution in [0.15, 0.2) is 0 Å². The standard InChI is InChI=1S/C11H23NO/c1-3-7-12-11(10-5-6-10)9-13-8-4-2/h10-12H,3-9H2,1-2H3. The third-order valence-electron chi connectivity index (χ3n) is 2.49. The topological polar surface area (TPSA) is 21.3 Å². The van der Waals surface area contributed by atoms with Crippen molar-refractivity contribution in [1.82, 2.24) is 5.32 Å². The van der Waals surface area contributed by atoms with Gasteiger partial charge in [0.2, 0.25) is 0 Å². The molecule has 1 unspecified atom stereocenters. The Balaban J connectivity index is 2.06. The van der Waals surface area contributed by atoms with E-state index in [-0.39, 0.29) is 0 Å². The number of hydrogen-bond donors (Lipinski definition) is 1. The third kappa shape index (κ3) is 4.63. The first-order valence-corrected chi connectivity index (χ1v) is 5.69. The third-order valence-corrected chi connectivity index (χ3v) is 2.49. The molecule has 0 spiro atoms. The Morgan fingerprint density at radius 3 is 2.62 bits per heavy atom. The minimum atomic E-state index is 0.631. The van der Waals surface area contributed by atoms with Gasteiger partial charge in [-0.15, -0.1) is 0 Å². The van der Waals surface area contributed by atoms with Crippen molar-refractivity contribution in [2.24, 2.45) is 5.92 Å². The Morgan fingerprint density at radius 1 is 1.31 bits per heavy atom. The SMILES string of the molecule is CCCNC(COCCC)C1CC1. The molecule has 78 valence electrons. The number of nitrogens with one attached hydrogen (secondary N) is 1. The van der Waals surface area contributed by atoms with Gasteiger partial charge < -0.3 is 10.1 Å². The van der Waals surface area contributed by atoms with Crippen molar-refractivity contribution in [3.63, 3.8) is 0 Å². The number of ether oxygens (including phenoxy) is 1. The van der Waals surface area contributed by atoms with Gasteiger partial charge in [0.25, 0.3) is 0 Å². The Kier molecular flexibility index (Phi) is 5.40. The maximum Gasteiger partial charge on any atom is 0.0622 e. The zero-order valence-electron chi connectivity index (χ0n) is 9.01. The van der Waals surface area contributed by atoms with E-state index in [2.05, 4.69) is 19.2 Å². The van der Waals surface area contributed by atoms with Crippen molar-refractivity contribution in [2.75, 3.05) is 19.8 Å². The van der Waals surface area contributed by atoms with Crippen LogP contribution in [0.2, 0.25) is 0 Å². The number of rotatable bonds is 8. The van der Waals surface area contributed by atoms with Gasteiger partial charge in [0.15, 0.2) is 0 Å². The molecular formula is C11H23NO. The van der Waals surface area contributed by atoms with E-state index in [1.165, 1.54) is 19.3 Å². The lowest BCUT2D eigenvalue weighted by molar-refractivity contribution is 0.106. The van der Waals surface area contributed by atoms with Crippen LogP contribution >= 0.6 is 0 Å². The average Bonchev–Trinajstić information content (AvgIpc) is 2.94. The second kappa shape index (κ2) is 6.39. The highest BCUT2D eigenvalue weighted by Crippen LogP contribution is 2.32. The molecule has 1 fully saturated rings. The largest absolute Gasteiger partial charge is 0.380 e. The van der Waals surface area contributed by atoms with E-state index in [1.807, 2.05) is 0 Å². The van der Waals surface area contributed by atoms with E-state index < -0.39 is 0 Å². The Hall–Kier alpha value is -0.0800. The van der Waals surface area contributed by atoms with Gasteiger partial charge in [0.05, 0.1) is 6.61 Å². The van der Waals surface area contributed by atoms with E-state index in [9.17, 15) is 0 Å². The fourth-order valence-electron chi connectivity index (χ4n) is 1.54. The summed E-state index contributed by atoms with van der Waals surface area (Å²) in [6.07, 6.45) is 5.15. The van der Waals surface area contributed by atoms with Crippen molar-refractivity contribution in [3.05, 3.63) is 0 Å². The highest BCUT2D eigenvalue weighted by molar-refractivity contribution is 4.86. The summed E-state index contributed by atoms with van der Waals surface area (Å²) in [5.74, 6) is 0.906. The maximum absolute atomic E-state index is 5.58. The van der Waals surface area contributed by atoms with Crippen LogP contribution in [-0.4, -0.2) is 25.8 Å². The predicted molar refractivity (Wildman–Crippen MR) is 55.9 cm³/mol. The van der Waals surface area contributed by atoms with Crippen LogP contribution in [0, 0.1) is 5.92 Å². The van der Waals surface area contributed by atoms with Crippen molar-refractivity contribution in [3.8, 4) is 0 Å². The molecule has 0 heterocycles. The Morgan fingerprint density at radius 2 is 2.08 bits per heavy atom. The molecule has 0 aromatic carbocycles. The van der Waals surface area contributed by atoms with E-state index in [0.29, 0.717) is 6.04 Å². The first-order valence-electron chi connectivity index (χ1n) is 5.69. The predicted octanol–water partition coefficient (Wildman–Crippen LogP) is 2.19. The summed E-state index contributed by atoms with van der Waals surface area (Å²) in [6.45, 7) is 7.33. The molecule has 0 aromatic heterocycles. The molecule has 1 aliphatic carbocycles. The van der Waals surface area contributed by atoms with Crippen LogP contribution in [0.4, 0.5) is 0 Å². The summed E-state index contributed by atoms with van der Waals surface area (Å²) in [4.78, 5) is 0. The molecule has 1 N–H and O–H groups in total. The van der Waals surface area contributed by atoms with E-state index in [0.717, 1.165) is 32.1 Å². The first-order chi connectivity index (χ1) is 6.38. The molecule has 1 atom stereocenters. The zero-order valence-corrected chi connectivity index (χ0v) is 9.01. The van der Waals surface area contributed by atoms with Gasteiger partial charge >= 0.3 is 0 Å². The van der Waals surface area contributed by atoms with Crippen molar-refractivity contribution in [1.29, 1.82) is 0 Å². The van der Waals surface area contributed by atoms with Gasteiger partial charge in [0, 0.05) is 12.6 Å². The molecule has 1 aliphatic rings. The Labute approximate surface area is 82.0 Å². The van der Waals surface area contributed by atoms with Crippen LogP contribution < -0.4 is 5.32 Å². The Bertz CT molecular complexity index is 123. The van der Waals surface area contributed by atoms with E-state index in [1.54, 1.807) is 0 Å². The molecule has 2 heteroatoms. The fraction of sp³-hybridized carbons (Fsp3) is 1.00. The van der Waals surface area contributed by atoms with Crippen LogP contribution in [0.5, 0.6) is 0 Å². The molecule has 0 radical (unpaired) electrons. The molecule has 2 nitrogen and oxygen atoms in total. The van der Waals surface area contributed by atoms with Gasteiger partial charge in [-0.05, 0) is 38.1 Å². The molecule has 13 heavy (non-hydrogen) atoms. The lowest BCUT2D eigenvalue weighted by atomic mass is 10.2. The van der Waals surface area contributed by atoms with Crippen LogP contribution in [0.1, 0.15) is 39.5 Å². The molecule has 1 saturated carbocycles. The van der Waals surface area contributed by atoms with E-state index in [4.69, 9.17) is 4.74 Å². The molecule has 0 bridgehead atoms. The van der Waals surface area contributed by atoms with Crippen molar-refractivity contribution < 1.29 is 4.74 Å². The lowest BCUT2D eigenvalue weighted by Gasteiger charge is -2.17. The highest BCUT2D eigenvalue weighted by Gasteiger charge is 2.30. The van der Waals surface area contributed by atoms with Gasteiger partial charge in [-0.3, -0.25) is 0 Å². The van der Waals surface area contributed by atoms with Gasteiger partial charge in [0.1, 0.15) is 0 Å². The minimum absolute atomic E-state index is 0.631. The first kappa shape index (κ1) is 11.0. The smallest absolute Gasteiger partial charge is 0.0622 e. The summed E-state index contributed by atoms with van der Waals surface area (Å²) in [6, 6.07) is 0.631. The molecule has 0 aromatic rings.